The molecule has 0 bridgehead atoms. The summed E-state index contributed by atoms with van der Waals surface area (Å²) in [6, 6.07) is 6.79. The Kier molecular flexibility index (Phi) is 3.74. The molecule has 0 aliphatic carbocycles. The molecular formula is C9H9NO3S2. The molecule has 80 valence electrons. The van der Waals surface area contributed by atoms with Crippen molar-refractivity contribution in [2.45, 2.75) is 11.5 Å². The molecule has 1 rings (SSSR count). The number of nitrogens with zero attached hydrogens (tertiary/aromatic N) is 1. The van der Waals surface area contributed by atoms with Crippen molar-refractivity contribution >= 4 is 22.7 Å². The molecule has 6 heteroatoms. The Morgan fingerprint density at radius 2 is 2.20 bits per heavy atom. The number of hydrogen-bond acceptors (Lipinski definition) is 5. The highest BCUT2D eigenvalue weighted by atomic mass is 32.2. The molecule has 0 atom stereocenters. The van der Waals surface area contributed by atoms with E-state index in [2.05, 4.69) is 16.8 Å². The van der Waals surface area contributed by atoms with Crippen LogP contribution in [0.25, 0.3) is 0 Å². The van der Waals surface area contributed by atoms with Gasteiger partial charge in [-0.1, -0.05) is 6.07 Å². The summed E-state index contributed by atoms with van der Waals surface area (Å²) in [5, 5.41) is 8.71. The number of hydrogen-bond donors (Lipinski definition) is 1. The number of nitriles is 1. The Labute approximate surface area is 94.0 Å². The van der Waals surface area contributed by atoms with Crippen LogP contribution < -0.4 is 0 Å². The number of thiol groups is 1. The summed E-state index contributed by atoms with van der Waals surface area (Å²) in [6.07, 6.45) is 0.977. The standard InChI is InChI=1S/C9H9NO3S2/c1-15(11,12)13-6-7-2-3-9(14)8(4-7)5-10/h2-4,14H,6H2,1H3. The summed E-state index contributed by atoms with van der Waals surface area (Å²) in [5.41, 5.74) is 1.02. The molecule has 0 fully saturated rings. The zero-order chi connectivity index (χ0) is 11.5. The van der Waals surface area contributed by atoms with Gasteiger partial charge in [-0.3, -0.25) is 4.18 Å². The summed E-state index contributed by atoms with van der Waals surface area (Å²) < 4.78 is 26.0. The van der Waals surface area contributed by atoms with Crippen molar-refractivity contribution in [3.8, 4) is 6.07 Å². The minimum absolute atomic E-state index is 0.0679. The second-order valence-corrected chi connectivity index (χ2v) is 5.06. The maximum atomic E-state index is 10.7. The van der Waals surface area contributed by atoms with Crippen LogP contribution in [0, 0.1) is 11.3 Å². The van der Waals surface area contributed by atoms with E-state index in [0.29, 0.717) is 16.0 Å². The van der Waals surface area contributed by atoms with Crippen LogP contribution in [0.15, 0.2) is 23.1 Å². The van der Waals surface area contributed by atoms with E-state index in [0.717, 1.165) is 6.26 Å². The van der Waals surface area contributed by atoms with Gasteiger partial charge < -0.3 is 0 Å². The van der Waals surface area contributed by atoms with Crippen LogP contribution in [0.4, 0.5) is 0 Å². The van der Waals surface area contributed by atoms with E-state index in [4.69, 9.17) is 5.26 Å². The molecule has 0 spiro atoms. The quantitative estimate of drug-likeness (QED) is 0.642. The summed E-state index contributed by atoms with van der Waals surface area (Å²) in [4.78, 5) is 0.556. The zero-order valence-corrected chi connectivity index (χ0v) is 9.68. The predicted octanol–water partition coefficient (Wildman–Crippen LogP) is 1.32. The van der Waals surface area contributed by atoms with Crippen LogP contribution in [0.5, 0.6) is 0 Å². The third kappa shape index (κ3) is 3.91. The summed E-state index contributed by atoms with van der Waals surface area (Å²) in [6.45, 7) is -0.0679. The maximum absolute atomic E-state index is 10.7. The van der Waals surface area contributed by atoms with Gasteiger partial charge in [-0.05, 0) is 17.7 Å². The minimum atomic E-state index is -3.45. The molecule has 0 aromatic heterocycles. The molecule has 1 aromatic rings. The van der Waals surface area contributed by atoms with Crippen LogP contribution in [0.2, 0.25) is 0 Å². The van der Waals surface area contributed by atoms with Crippen molar-refractivity contribution in [3.63, 3.8) is 0 Å². The van der Waals surface area contributed by atoms with E-state index in [1.807, 2.05) is 6.07 Å². The van der Waals surface area contributed by atoms with Gasteiger partial charge in [0.1, 0.15) is 6.07 Å². The largest absolute Gasteiger partial charge is 0.265 e. The van der Waals surface area contributed by atoms with Crippen LogP contribution in [-0.4, -0.2) is 14.7 Å². The van der Waals surface area contributed by atoms with Gasteiger partial charge in [-0.15, -0.1) is 12.6 Å². The molecule has 0 amide bonds. The van der Waals surface area contributed by atoms with Gasteiger partial charge in [0.2, 0.25) is 0 Å². The fourth-order valence-corrected chi connectivity index (χ4v) is 1.48. The smallest absolute Gasteiger partial charge is 0.264 e. The van der Waals surface area contributed by atoms with Crippen LogP contribution in [-0.2, 0) is 20.9 Å². The van der Waals surface area contributed by atoms with Gasteiger partial charge in [0, 0.05) is 4.90 Å². The van der Waals surface area contributed by atoms with E-state index < -0.39 is 10.1 Å². The Bertz CT molecular complexity index is 503. The van der Waals surface area contributed by atoms with Gasteiger partial charge in [0.25, 0.3) is 10.1 Å². The molecule has 0 unspecified atom stereocenters. The highest BCUT2D eigenvalue weighted by Crippen LogP contribution is 2.15. The van der Waals surface area contributed by atoms with E-state index in [9.17, 15) is 8.42 Å². The SMILES string of the molecule is CS(=O)(=O)OCc1ccc(S)c(C#N)c1. The average molecular weight is 243 g/mol. The topological polar surface area (TPSA) is 67.2 Å². The van der Waals surface area contributed by atoms with Gasteiger partial charge in [0.15, 0.2) is 0 Å². The monoisotopic (exact) mass is 243 g/mol. The summed E-state index contributed by atoms with van der Waals surface area (Å²) >= 11 is 4.07. The van der Waals surface area contributed by atoms with Crippen molar-refractivity contribution in [1.29, 1.82) is 5.26 Å². The van der Waals surface area contributed by atoms with Crippen LogP contribution >= 0.6 is 12.6 Å². The molecule has 0 aliphatic rings. The third-order valence-corrected chi connectivity index (χ3v) is 2.56. The lowest BCUT2D eigenvalue weighted by atomic mass is 10.1. The van der Waals surface area contributed by atoms with Gasteiger partial charge >= 0.3 is 0 Å². The lowest BCUT2D eigenvalue weighted by Gasteiger charge is -2.03. The van der Waals surface area contributed by atoms with Crippen molar-refractivity contribution in [2.75, 3.05) is 6.26 Å². The first-order valence-corrected chi connectivity index (χ1v) is 6.25. The van der Waals surface area contributed by atoms with Crippen LogP contribution in [0.3, 0.4) is 0 Å². The highest BCUT2D eigenvalue weighted by molar-refractivity contribution is 7.85. The van der Waals surface area contributed by atoms with E-state index in [1.165, 1.54) is 0 Å². The molecule has 0 saturated carbocycles. The molecule has 0 heterocycles. The summed E-state index contributed by atoms with van der Waals surface area (Å²) in [7, 11) is -3.45. The first kappa shape index (κ1) is 12.0. The fraction of sp³-hybridized carbons (Fsp3) is 0.222. The molecule has 0 N–H and O–H groups in total. The first-order valence-electron chi connectivity index (χ1n) is 3.99. The Balaban J connectivity index is 2.85. The first-order chi connectivity index (χ1) is 6.92. The lowest BCUT2D eigenvalue weighted by Crippen LogP contribution is -2.02. The maximum Gasteiger partial charge on any atom is 0.264 e. The molecule has 0 saturated heterocycles. The highest BCUT2D eigenvalue weighted by Gasteiger charge is 2.04. The van der Waals surface area contributed by atoms with E-state index in [-0.39, 0.29) is 6.61 Å². The molecule has 0 radical (unpaired) electrons. The Morgan fingerprint density at radius 1 is 1.53 bits per heavy atom. The van der Waals surface area contributed by atoms with Crippen molar-refractivity contribution < 1.29 is 12.6 Å². The number of rotatable bonds is 3. The van der Waals surface area contributed by atoms with Crippen molar-refractivity contribution in [2.24, 2.45) is 0 Å². The second-order valence-electron chi connectivity index (χ2n) is 2.93. The zero-order valence-electron chi connectivity index (χ0n) is 7.97. The molecule has 4 nitrogen and oxygen atoms in total. The number of benzene rings is 1. The van der Waals surface area contributed by atoms with Crippen LogP contribution in [0.1, 0.15) is 11.1 Å². The van der Waals surface area contributed by atoms with Crippen molar-refractivity contribution in [1.82, 2.24) is 0 Å². The molecular weight excluding hydrogens is 234 g/mol. The van der Waals surface area contributed by atoms with Gasteiger partial charge in [-0.2, -0.15) is 13.7 Å². The van der Waals surface area contributed by atoms with Gasteiger partial charge in [0.05, 0.1) is 18.4 Å². The van der Waals surface area contributed by atoms with Gasteiger partial charge in [-0.25, -0.2) is 0 Å². The second kappa shape index (κ2) is 4.66. The molecule has 0 aliphatic heterocycles. The fourth-order valence-electron chi connectivity index (χ4n) is 0.938. The predicted molar refractivity (Wildman–Crippen MR) is 58.0 cm³/mol. The average Bonchev–Trinajstić information content (AvgIpc) is 2.15. The normalized spacial score (nSPS) is 11.0. The van der Waals surface area contributed by atoms with Crippen molar-refractivity contribution in [3.05, 3.63) is 29.3 Å². The van der Waals surface area contributed by atoms with E-state index in [1.54, 1.807) is 18.2 Å². The molecule has 15 heavy (non-hydrogen) atoms. The van der Waals surface area contributed by atoms with E-state index >= 15 is 0 Å². The molecule has 1 aromatic carbocycles. The summed E-state index contributed by atoms with van der Waals surface area (Å²) in [5.74, 6) is 0. The third-order valence-electron chi connectivity index (χ3n) is 1.62. The Morgan fingerprint density at radius 3 is 2.73 bits per heavy atom. The lowest BCUT2D eigenvalue weighted by molar-refractivity contribution is 0.311. The Hall–Kier alpha value is -1.03. The minimum Gasteiger partial charge on any atom is -0.265 e.